The van der Waals surface area contributed by atoms with Crippen LogP contribution in [0.15, 0.2) is 24.4 Å². The number of nitrogens with zero attached hydrogens (tertiary/aromatic N) is 1. The van der Waals surface area contributed by atoms with Crippen LogP contribution in [0.1, 0.15) is 4.88 Å². The smallest absolute Gasteiger partial charge is 0.0794 e. The minimum atomic E-state index is 0.859. The zero-order valence-electron chi connectivity index (χ0n) is 5.71. The fourth-order valence-electron chi connectivity index (χ4n) is 0.627. The van der Waals surface area contributed by atoms with Crippen molar-refractivity contribution < 1.29 is 0 Å². The van der Waals surface area contributed by atoms with Gasteiger partial charge in [-0.2, -0.15) is 0 Å². The van der Waals surface area contributed by atoms with Crippen LogP contribution in [0.2, 0.25) is 0 Å². The van der Waals surface area contributed by atoms with E-state index in [4.69, 9.17) is 0 Å². The van der Waals surface area contributed by atoms with Crippen molar-refractivity contribution in [1.82, 2.24) is 10.3 Å². The van der Waals surface area contributed by atoms with Gasteiger partial charge in [-0.25, -0.2) is 0 Å². The number of rotatable bonds is 4. The van der Waals surface area contributed by atoms with E-state index in [1.807, 2.05) is 17.8 Å². The van der Waals surface area contributed by atoms with E-state index in [0.29, 0.717) is 0 Å². The molecular formula is C7H10N2S. The second-order valence-corrected chi connectivity index (χ2v) is 2.86. The number of nitrogens with one attached hydrogen (secondary N) is 1. The Morgan fingerprint density at radius 1 is 1.80 bits per heavy atom. The molecular weight excluding hydrogens is 144 g/mol. The Kier molecular flexibility index (Phi) is 3.12. The highest BCUT2D eigenvalue weighted by Crippen LogP contribution is 2.03. The Labute approximate surface area is 64.6 Å². The molecule has 0 aliphatic heterocycles. The van der Waals surface area contributed by atoms with Crippen LogP contribution in [-0.2, 0) is 6.54 Å². The van der Waals surface area contributed by atoms with Gasteiger partial charge in [0.15, 0.2) is 0 Å². The highest BCUT2D eigenvalue weighted by atomic mass is 32.1. The first kappa shape index (κ1) is 7.44. The molecule has 1 aromatic heterocycles. The van der Waals surface area contributed by atoms with Gasteiger partial charge in [0.25, 0.3) is 0 Å². The van der Waals surface area contributed by atoms with Crippen LogP contribution in [0.4, 0.5) is 0 Å². The second kappa shape index (κ2) is 4.19. The first-order chi connectivity index (χ1) is 4.93. The predicted molar refractivity (Wildman–Crippen MR) is 44.0 cm³/mol. The van der Waals surface area contributed by atoms with Crippen LogP contribution < -0.4 is 5.32 Å². The Hall–Kier alpha value is -0.670. The highest BCUT2D eigenvalue weighted by molar-refractivity contribution is 7.09. The van der Waals surface area contributed by atoms with Crippen molar-refractivity contribution in [2.45, 2.75) is 6.54 Å². The molecule has 54 valence electrons. The van der Waals surface area contributed by atoms with E-state index in [0.717, 1.165) is 13.1 Å². The summed E-state index contributed by atoms with van der Waals surface area (Å²) in [5.74, 6) is 0. The van der Waals surface area contributed by atoms with E-state index in [9.17, 15) is 0 Å². The molecule has 10 heavy (non-hydrogen) atoms. The van der Waals surface area contributed by atoms with E-state index < -0.39 is 0 Å². The first-order valence-corrected chi connectivity index (χ1v) is 4.00. The quantitative estimate of drug-likeness (QED) is 0.524. The van der Waals surface area contributed by atoms with Gasteiger partial charge in [0, 0.05) is 24.2 Å². The molecule has 0 bridgehead atoms. The van der Waals surface area contributed by atoms with Gasteiger partial charge in [0.05, 0.1) is 5.51 Å². The Morgan fingerprint density at radius 3 is 3.30 bits per heavy atom. The molecule has 0 amide bonds. The summed E-state index contributed by atoms with van der Waals surface area (Å²) in [6, 6.07) is 0. The maximum absolute atomic E-state index is 3.95. The maximum atomic E-state index is 3.95. The predicted octanol–water partition coefficient (Wildman–Crippen LogP) is 1.42. The average molecular weight is 154 g/mol. The summed E-state index contributed by atoms with van der Waals surface area (Å²) in [6.07, 6.45) is 3.72. The summed E-state index contributed by atoms with van der Waals surface area (Å²) in [4.78, 5) is 5.22. The molecule has 1 aromatic rings. The summed E-state index contributed by atoms with van der Waals surface area (Å²) in [7, 11) is 0. The zero-order chi connectivity index (χ0) is 7.23. The molecule has 0 fully saturated rings. The minimum absolute atomic E-state index is 0.859. The fraction of sp³-hybridized carbons (Fsp3) is 0.286. The molecule has 0 aliphatic rings. The lowest BCUT2D eigenvalue weighted by Crippen LogP contribution is -2.11. The van der Waals surface area contributed by atoms with E-state index in [1.165, 1.54) is 4.88 Å². The monoisotopic (exact) mass is 154 g/mol. The molecule has 0 spiro atoms. The van der Waals surface area contributed by atoms with Crippen molar-refractivity contribution in [1.29, 1.82) is 0 Å². The molecule has 1 N–H and O–H groups in total. The standard InChI is InChI=1S/C7H10N2S/c1-2-3-8-4-7-5-9-6-10-7/h2,5-6,8H,1,3-4H2. The van der Waals surface area contributed by atoms with Gasteiger partial charge in [-0.15, -0.1) is 17.9 Å². The molecule has 0 saturated heterocycles. The number of aromatic nitrogens is 1. The van der Waals surface area contributed by atoms with Gasteiger partial charge in [-0.3, -0.25) is 4.98 Å². The largest absolute Gasteiger partial charge is 0.308 e. The van der Waals surface area contributed by atoms with Gasteiger partial charge in [-0.05, 0) is 0 Å². The second-order valence-electron chi connectivity index (χ2n) is 1.89. The van der Waals surface area contributed by atoms with Crippen LogP contribution in [0.25, 0.3) is 0 Å². The summed E-state index contributed by atoms with van der Waals surface area (Å²) < 4.78 is 0. The van der Waals surface area contributed by atoms with E-state index >= 15 is 0 Å². The maximum Gasteiger partial charge on any atom is 0.0794 e. The molecule has 1 heterocycles. The average Bonchev–Trinajstić information content (AvgIpc) is 2.41. The molecule has 0 aliphatic carbocycles. The van der Waals surface area contributed by atoms with Crippen LogP contribution in [0, 0.1) is 0 Å². The first-order valence-electron chi connectivity index (χ1n) is 3.12. The number of thiazole rings is 1. The van der Waals surface area contributed by atoms with Crippen molar-refractivity contribution >= 4 is 11.3 Å². The molecule has 0 aromatic carbocycles. The summed E-state index contributed by atoms with van der Waals surface area (Å²) >= 11 is 1.67. The van der Waals surface area contributed by atoms with Gasteiger partial charge in [0.1, 0.15) is 0 Å². The third kappa shape index (κ3) is 2.29. The Morgan fingerprint density at radius 2 is 2.70 bits per heavy atom. The molecule has 0 saturated carbocycles. The van der Waals surface area contributed by atoms with Crippen LogP contribution >= 0.6 is 11.3 Å². The van der Waals surface area contributed by atoms with Crippen molar-refractivity contribution in [3.63, 3.8) is 0 Å². The van der Waals surface area contributed by atoms with Crippen molar-refractivity contribution in [2.75, 3.05) is 6.54 Å². The fourth-order valence-corrected chi connectivity index (χ4v) is 1.19. The number of hydrogen-bond acceptors (Lipinski definition) is 3. The van der Waals surface area contributed by atoms with E-state index in [-0.39, 0.29) is 0 Å². The van der Waals surface area contributed by atoms with Gasteiger partial charge in [0.2, 0.25) is 0 Å². The zero-order valence-corrected chi connectivity index (χ0v) is 6.53. The number of hydrogen-bond donors (Lipinski definition) is 1. The highest BCUT2D eigenvalue weighted by Gasteiger charge is 1.90. The molecule has 0 unspecified atom stereocenters. The summed E-state index contributed by atoms with van der Waals surface area (Å²) in [5.41, 5.74) is 1.84. The lowest BCUT2D eigenvalue weighted by Gasteiger charge is -1.94. The third-order valence-electron chi connectivity index (χ3n) is 1.07. The molecule has 2 nitrogen and oxygen atoms in total. The van der Waals surface area contributed by atoms with E-state index in [1.54, 1.807) is 11.3 Å². The Balaban J connectivity index is 2.21. The SMILES string of the molecule is C=CCNCc1cncs1. The molecule has 3 heteroatoms. The van der Waals surface area contributed by atoms with Crippen molar-refractivity contribution in [3.05, 3.63) is 29.2 Å². The Bertz CT molecular complexity index is 181. The molecule has 1 rings (SSSR count). The van der Waals surface area contributed by atoms with E-state index in [2.05, 4.69) is 16.9 Å². The van der Waals surface area contributed by atoms with Crippen LogP contribution in [0.5, 0.6) is 0 Å². The summed E-state index contributed by atoms with van der Waals surface area (Å²) in [5, 5.41) is 3.19. The lowest BCUT2D eigenvalue weighted by atomic mass is 10.5. The third-order valence-corrected chi connectivity index (χ3v) is 1.85. The topological polar surface area (TPSA) is 24.9 Å². The normalized spacial score (nSPS) is 9.60. The van der Waals surface area contributed by atoms with Gasteiger partial charge >= 0.3 is 0 Å². The molecule has 0 atom stereocenters. The molecule has 0 radical (unpaired) electrons. The van der Waals surface area contributed by atoms with Crippen LogP contribution in [-0.4, -0.2) is 11.5 Å². The van der Waals surface area contributed by atoms with Gasteiger partial charge in [-0.1, -0.05) is 6.08 Å². The van der Waals surface area contributed by atoms with Gasteiger partial charge < -0.3 is 5.32 Å². The lowest BCUT2D eigenvalue weighted by molar-refractivity contribution is 0.769. The van der Waals surface area contributed by atoms with Crippen LogP contribution in [0.3, 0.4) is 0 Å². The van der Waals surface area contributed by atoms with Crippen molar-refractivity contribution in [3.8, 4) is 0 Å². The summed E-state index contributed by atoms with van der Waals surface area (Å²) in [6.45, 7) is 5.36. The van der Waals surface area contributed by atoms with Crippen molar-refractivity contribution in [2.24, 2.45) is 0 Å². The minimum Gasteiger partial charge on any atom is -0.308 e.